The Morgan fingerprint density at radius 2 is 1.56 bits per heavy atom. The summed E-state index contributed by atoms with van der Waals surface area (Å²) in [6, 6.07) is 0.469. The Bertz CT molecular complexity index is 223. The molecular weight excluding hydrogens is 220 g/mol. The zero-order chi connectivity index (χ0) is 12.8. The van der Waals surface area contributed by atoms with Gasteiger partial charge in [-0.3, -0.25) is 0 Å². The van der Waals surface area contributed by atoms with E-state index in [1.807, 2.05) is 0 Å². The third kappa shape index (κ3) is 3.96. The van der Waals surface area contributed by atoms with Crippen LogP contribution in [0.5, 0.6) is 0 Å². The van der Waals surface area contributed by atoms with Crippen LogP contribution in [0.3, 0.4) is 0 Å². The van der Waals surface area contributed by atoms with Crippen molar-refractivity contribution in [1.29, 1.82) is 0 Å². The van der Waals surface area contributed by atoms with Gasteiger partial charge in [0, 0.05) is 12.6 Å². The summed E-state index contributed by atoms with van der Waals surface area (Å²) in [6.07, 6.45) is 14.0. The molecule has 1 saturated heterocycles. The van der Waals surface area contributed by atoms with E-state index in [1.54, 1.807) is 0 Å². The first-order valence-corrected chi connectivity index (χ1v) is 8.22. The number of nitrogens with zero attached hydrogens (tertiary/aromatic N) is 1. The van der Waals surface area contributed by atoms with Crippen LogP contribution in [-0.2, 0) is 0 Å². The summed E-state index contributed by atoms with van der Waals surface area (Å²) in [6.45, 7) is 6.24. The minimum Gasteiger partial charge on any atom is -0.328 e. The van der Waals surface area contributed by atoms with Crippen molar-refractivity contribution >= 4 is 0 Å². The van der Waals surface area contributed by atoms with Gasteiger partial charge in [0.2, 0.25) is 0 Å². The Hall–Kier alpha value is -0.0800. The molecule has 0 amide bonds. The first-order chi connectivity index (χ1) is 8.74. The summed E-state index contributed by atoms with van der Waals surface area (Å²) in [7, 11) is 0. The third-order valence-electron chi connectivity index (χ3n) is 5.36. The van der Waals surface area contributed by atoms with Crippen LogP contribution in [0.2, 0.25) is 0 Å². The zero-order valence-electron chi connectivity index (χ0n) is 12.3. The van der Waals surface area contributed by atoms with E-state index >= 15 is 0 Å². The number of nitrogens with two attached hydrogens (primary N) is 1. The zero-order valence-corrected chi connectivity index (χ0v) is 12.3. The summed E-state index contributed by atoms with van der Waals surface area (Å²) >= 11 is 0. The molecule has 2 fully saturated rings. The maximum atomic E-state index is 6.01. The van der Waals surface area contributed by atoms with Gasteiger partial charge in [-0.1, -0.05) is 39.0 Å². The molecule has 1 aliphatic carbocycles. The van der Waals surface area contributed by atoms with Gasteiger partial charge >= 0.3 is 0 Å². The molecule has 106 valence electrons. The highest BCUT2D eigenvalue weighted by molar-refractivity contribution is 4.85. The summed E-state index contributed by atoms with van der Waals surface area (Å²) in [4.78, 5) is 2.70. The van der Waals surface area contributed by atoms with Crippen LogP contribution in [-0.4, -0.2) is 30.6 Å². The summed E-state index contributed by atoms with van der Waals surface area (Å²) in [5.74, 6) is 0. The molecule has 0 spiro atoms. The lowest BCUT2D eigenvalue weighted by atomic mass is 9.73. The third-order valence-corrected chi connectivity index (χ3v) is 5.36. The lowest BCUT2D eigenvalue weighted by Gasteiger charge is -2.41. The van der Waals surface area contributed by atoms with Gasteiger partial charge in [0.05, 0.1) is 0 Å². The molecule has 18 heavy (non-hydrogen) atoms. The number of rotatable bonds is 3. The van der Waals surface area contributed by atoms with Crippen molar-refractivity contribution in [2.45, 2.75) is 77.2 Å². The highest BCUT2D eigenvalue weighted by atomic mass is 15.1. The van der Waals surface area contributed by atoms with Crippen molar-refractivity contribution in [1.82, 2.24) is 4.90 Å². The van der Waals surface area contributed by atoms with Crippen LogP contribution in [0.15, 0.2) is 0 Å². The van der Waals surface area contributed by atoms with E-state index in [0.29, 0.717) is 11.5 Å². The van der Waals surface area contributed by atoms with Gasteiger partial charge in [0.25, 0.3) is 0 Å². The Morgan fingerprint density at radius 3 is 2.11 bits per heavy atom. The van der Waals surface area contributed by atoms with E-state index < -0.39 is 0 Å². The molecule has 2 rings (SSSR count). The standard InChI is InChI=1S/C16H32N2/c1-2-16(10-6-4-3-5-7-11-16)14-18-12-8-15(17)9-13-18/h15H,2-14,17H2,1H3. The molecule has 2 N–H and O–H groups in total. The Morgan fingerprint density at radius 1 is 1.00 bits per heavy atom. The normalized spacial score (nSPS) is 27.7. The molecule has 0 radical (unpaired) electrons. The molecule has 2 aliphatic rings. The smallest absolute Gasteiger partial charge is 0.00631 e. The predicted molar refractivity (Wildman–Crippen MR) is 78.7 cm³/mol. The van der Waals surface area contributed by atoms with E-state index in [1.165, 1.54) is 83.8 Å². The van der Waals surface area contributed by atoms with Crippen LogP contribution in [0.4, 0.5) is 0 Å². The highest BCUT2D eigenvalue weighted by Gasteiger charge is 2.31. The van der Waals surface area contributed by atoms with Gasteiger partial charge < -0.3 is 10.6 Å². The number of likely N-dealkylation sites (tertiary alicyclic amines) is 1. The SMILES string of the molecule is CCC1(CN2CCC(N)CC2)CCCCCCC1. The highest BCUT2D eigenvalue weighted by Crippen LogP contribution is 2.38. The van der Waals surface area contributed by atoms with Gasteiger partial charge in [-0.2, -0.15) is 0 Å². The van der Waals surface area contributed by atoms with E-state index in [0.717, 1.165) is 0 Å². The molecule has 0 aromatic carbocycles. The summed E-state index contributed by atoms with van der Waals surface area (Å²) in [5, 5.41) is 0. The fraction of sp³-hybridized carbons (Fsp3) is 1.00. The first kappa shape index (κ1) is 14.3. The topological polar surface area (TPSA) is 29.3 Å². The number of hydrogen-bond acceptors (Lipinski definition) is 2. The minimum atomic E-state index is 0.469. The molecule has 0 bridgehead atoms. The molecule has 0 atom stereocenters. The fourth-order valence-corrected chi connectivity index (χ4v) is 3.86. The predicted octanol–water partition coefficient (Wildman–Crippen LogP) is 3.55. The largest absolute Gasteiger partial charge is 0.328 e. The Kier molecular flexibility index (Phi) is 5.50. The second-order valence-corrected chi connectivity index (χ2v) is 6.73. The van der Waals surface area contributed by atoms with E-state index in [2.05, 4.69) is 11.8 Å². The van der Waals surface area contributed by atoms with Gasteiger partial charge in [-0.25, -0.2) is 0 Å². The van der Waals surface area contributed by atoms with E-state index in [4.69, 9.17) is 5.73 Å². The molecule has 1 aliphatic heterocycles. The quantitative estimate of drug-likeness (QED) is 0.832. The molecule has 1 heterocycles. The maximum absolute atomic E-state index is 6.01. The molecular formula is C16H32N2. The van der Waals surface area contributed by atoms with Crippen LogP contribution in [0.25, 0.3) is 0 Å². The van der Waals surface area contributed by atoms with Crippen molar-refractivity contribution in [2.24, 2.45) is 11.1 Å². The summed E-state index contributed by atoms with van der Waals surface area (Å²) < 4.78 is 0. The second-order valence-electron chi connectivity index (χ2n) is 6.73. The molecule has 1 saturated carbocycles. The number of hydrogen-bond donors (Lipinski definition) is 1. The van der Waals surface area contributed by atoms with Gasteiger partial charge in [-0.05, 0) is 50.6 Å². The van der Waals surface area contributed by atoms with Gasteiger partial charge in [0.15, 0.2) is 0 Å². The van der Waals surface area contributed by atoms with Crippen LogP contribution in [0.1, 0.15) is 71.1 Å². The lowest BCUT2D eigenvalue weighted by Crippen LogP contribution is -2.45. The molecule has 0 unspecified atom stereocenters. The Labute approximate surface area is 113 Å². The Balaban J connectivity index is 1.89. The summed E-state index contributed by atoms with van der Waals surface area (Å²) in [5.41, 5.74) is 6.64. The van der Waals surface area contributed by atoms with Crippen LogP contribution < -0.4 is 5.73 Å². The average Bonchev–Trinajstić information content (AvgIpc) is 2.36. The van der Waals surface area contributed by atoms with Crippen LogP contribution in [0, 0.1) is 5.41 Å². The van der Waals surface area contributed by atoms with Crippen molar-refractivity contribution in [3.05, 3.63) is 0 Å². The van der Waals surface area contributed by atoms with Crippen molar-refractivity contribution in [3.8, 4) is 0 Å². The maximum Gasteiger partial charge on any atom is 0.00631 e. The lowest BCUT2D eigenvalue weighted by molar-refractivity contribution is 0.0928. The number of piperidine rings is 1. The minimum absolute atomic E-state index is 0.469. The molecule has 2 nitrogen and oxygen atoms in total. The molecule has 2 heteroatoms. The molecule has 0 aromatic rings. The van der Waals surface area contributed by atoms with E-state index in [9.17, 15) is 0 Å². The van der Waals surface area contributed by atoms with Crippen molar-refractivity contribution < 1.29 is 0 Å². The fourth-order valence-electron chi connectivity index (χ4n) is 3.86. The first-order valence-electron chi connectivity index (χ1n) is 8.22. The average molecular weight is 252 g/mol. The monoisotopic (exact) mass is 252 g/mol. The van der Waals surface area contributed by atoms with Gasteiger partial charge in [-0.15, -0.1) is 0 Å². The van der Waals surface area contributed by atoms with Gasteiger partial charge in [0.1, 0.15) is 0 Å². The van der Waals surface area contributed by atoms with Crippen molar-refractivity contribution in [2.75, 3.05) is 19.6 Å². The molecule has 0 aromatic heterocycles. The van der Waals surface area contributed by atoms with E-state index in [-0.39, 0.29) is 0 Å². The second kappa shape index (κ2) is 6.91. The van der Waals surface area contributed by atoms with Crippen molar-refractivity contribution in [3.63, 3.8) is 0 Å². The van der Waals surface area contributed by atoms with Crippen LogP contribution >= 0.6 is 0 Å².